The molecule has 1 aromatic heterocycles. The van der Waals surface area contributed by atoms with Crippen LogP contribution in [0.25, 0.3) is 20.8 Å². The van der Waals surface area contributed by atoms with Gasteiger partial charge in [0.2, 0.25) is 5.91 Å². The van der Waals surface area contributed by atoms with Crippen molar-refractivity contribution in [1.82, 2.24) is 15.2 Å². The van der Waals surface area contributed by atoms with Crippen molar-refractivity contribution in [3.05, 3.63) is 48.5 Å². The van der Waals surface area contributed by atoms with Crippen molar-refractivity contribution in [3.63, 3.8) is 0 Å². The van der Waals surface area contributed by atoms with E-state index in [0.717, 1.165) is 45.0 Å². The number of carbonyl (C=O) groups excluding carboxylic acids is 3. The third kappa shape index (κ3) is 3.54. The maximum atomic E-state index is 13.0. The number of nitrogens with zero attached hydrogens (tertiary/aromatic N) is 2. The number of hydrogen-bond donors (Lipinski definition) is 2. The zero-order valence-corrected chi connectivity index (χ0v) is 18.6. The highest BCUT2D eigenvalue weighted by molar-refractivity contribution is 7.21. The molecule has 32 heavy (non-hydrogen) atoms. The van der Waals surface area contributed by atoms with Crippen LogP contribution in [0.2, 0.25) is 0 Å². The summed E-state index contributed by atoms with van der Waals surface area (Å²) in [6, 6.07) is 14.9. The highest BCUT2D eigenvalue weighted by Crippen LogP contribution is 2.38. The molecule has 164 valence electrons. The van der Waals surface area contributed by atoms with E-state index < -0.39 is 17.5 Å². The number of carbonyl (C=O) groups is 3. The first-order chi connectivity index (χ1) is 15.5. The monoisotopic (exact) mass is 448 g/mol. The van der Waals surface area contributed by atoms with Crippen molar-refractivity contribution >= 4 is 45.1 Å². The van der Waals surface area contributed by atoms with Crippen molar-refractivity contribution in [2.75, 3.05) is 11.9 Å². The summed E-state index contributed by atoms with van der Waals surface area (Å²) in [6.07, 6.45) is 3.48. The summed E-state index contributed by atoms with van der Waals surface area (Å²) >= 11 is 1.62. The summed E-state index contributed by atoms with van der Waals surface area (Å²) in [6.45, 7) is 1.70. The van der Waals surface area contributed by atoms with Gasteiger partial charge in [-0.15, -0.1) is 11.3 Å². The summed E-state index contributed by atoms with van der Waals surface area (Å²) in [5.41, 5.74) is 1.68. The van der Waals surface area contributed by atoms with Crippen molar-refractivity contribution in [2.45, 2.75) is 38.1 Å². The molecular weight excluding hydrogens is 424 g/mol. The molecule has 4 amide bonds. The maximum absolute atomic E-state index is 13.0. The van der Waals surface area contributed by atoms with Gasteiger partial charge >= 0.3 is 6.03 Å². The Morgan fingerprint density at radius 3 is 2.72 bits per heavy atom. The van der Waals surface area contributed by atoms with E-state index in [1.165, 1.54) is 0 Å². The molecule has 2 aliphatic rings. The predicted octanol–water partition coefficient (Wildman–Crippen LogP) is 4.40. The number of benzene rings is 2. The molecule has 1 aliphatic heterocycles. The van der Waals surface area contributed by atoms with E-state index >= 15 is 0 Å². The number of rotatable bonds is 4. The van der Waals surface area contributed by atoms with Gasteiger partial charge in [0.05, 0.1) is 10.2 Å². The number of para-hydroxylation sites is 1. The van der Waals surface area contributed by atoms with E-state index in [2.05, 4.69) is 15.6 Å². The van der Waals surface area contributed by atoms with Crippen LogP contribution in [0.4, 0.5) is 10.5 Å². The number of imide groups is 1. The fourth-order valence-corrected chi connectivity index (χ4v) is 5.65. The fourth-order valence-electron chi connectivity index (χ4n) is 4.67. The molecule has 2 fully saturated rings. The normalized spacial score (nSPS) is 23.0. The van der Waals surface area contributed by atoms with Gasteiger partial charge in [-0.25, -0.2) is 9.78 Å². The van der Waals surface area contributed by atoms with Crippen LogP contribution in [0.5, 0.6) is 0 Å². The number of fused-ring (bicyclic) bond motifs is 1. The molecule has 0 radical (unpaired) electrons. The zero-order chi connectivity index (χ0) is 22.3. The van der Waals surface area contributed by atoms with Crippen molar-refractivity contribution < 1.29 is 14.4 Å². The quantitative estimate of drug-likeness (QED) is 0.579. The summed E-state index contributed by atoms with van der Waals surface area (Å²) in [5.74, 6) is -0.617. The lowest BCUT2D eigenvalue weighted by atomic mass is 9.73. The lowest BCUT2D eigenvalue weighted by Crippen LogP contribution is -2.54. The number of amides is 4. The van der Waals surface area contributed by atoms with Crippen LogP contribution in [0.15, 0.2) is 48.5 Å². The minimum absolute atomic E-state index is 0.0656. The van der Waals surface area contributed by atoms with Gasteiger partial charge in [-0.1, -0.05) is 31.9 Å². The Bertz CT molecular complexity index is 1170. The summed E-state index contributed by atoms with van der Waals surface area (Å²) in [5, 5.41) is 6.58. The fraction of sp³-hybridized carbons (Fsp3) is 0.333. The minimum Gasteiger partial charge on any atom is -0.325 e. The number of aromatic nitrogens is 1. The Balaban J connectivity index is 1.25. The number of thiazole rings is 1. The van der Waals surface area contributed by atoms with E-state index in [1.807, 2.05) is 43.3 Å². The Morgan fingerprint density at radius 2 is 1.97 bits per heavy atom. The van der Waals surface area contributed by atoms with Crippen molar-refractivity contribution in [1.29, 1.82) is 0 Å². The second kappa shape index (κ2) is 8.02. The van der Waals surface area contributed by atoms with Crippen LogP contribution in [0, 0.1) is 5.92 Å². The molecule has 2 heterocycles. The highest BCUT2D eigenvalue weighted by atomic mass is 32.1. The van der Waals surface area contributed by atoms with Crippen molar-refractivity contribution in [3.8, 4) is 10.6 Å². The smallest absolute Gasteiger partial charge is 0.325 e. The van der Waals surface area contributed by atoms with Crippen LogP contribution in [0.3, 0.4) is 0 Å². The van der Waals surface area contributed by atoms with E-state index in [4.69, 9.17) is 0 Å². The van der Waals surface area contributed by atoms with Gasteiger partial charge in [0.15, 0.2) is 0 Å². The first-order valence-corrected chi connectivity index (χ1v) is 11.7. The number of hydrogen-bond acceptors (Lipinski definition) is 5. The molecule has 3 aromatic rings. The second-order valence-corrected chi connectivity index (χ2v) is 9.58. The van der Waals surface area contributed by atoms with Crippen LogP contribution >= 0.6 is 11.3 Å². The minimum atomic E-state index is -0.853. The van der Waals surface area contributed by atoms with Gasteiger partial charge in [-0.2, -0.15) is 0 Å². The molecule has 7 nitrogen and oxygen atoms in total. The maximum Gasteiger partial charge on any atom is 0.325 e. The zero-order valence-electron chi connectivity index (χ0n) is 17.8. The lowest BCUT2D eigenvalue weighted by molar-refractivity contribution is -0.136. The molecule has 2 unspecified atom stereocenters. The molecular formula is C24H24N4O3S. The Labute approximate surface area is 189 Å². The first-order valence-electron chi connectivity index (χ1n) is 10.9. The van der Waals surface area contributed by atoms with E-state index in [1.54, 1.807) is 23.5 Å². The third-order valence-corrected chi connectivity index (χ3v) is 7.60. The van der Waals surface area contributed by atoms with Crippen LogP contribution in [-0.4, -0.2) is 39.8 Å². The molecule has 2 atom stereocenters. The average Bonchev–Trinajstić information content (AvgIpc) is 3.32. The van der Waals surface area contributed by atoms with Gasteiger partial charge in [-0.05, 0) is 55.2 Å². The average molecular weight is 449 g/mol. The predicted molar refractivity (Wildman–Crippen MR) is 124 cm³/mol. The SMILES string of the molecule is CC1CCCCC12NC(=O)N(CC(=O)Nc1ccc(-c3nc4ccccc4s3)cc1)C2=O. The van der Waals surface area contributed by atoms with Gasteiger partial charge in [0.25, 0.3) is 5.91 Å². The number of anilines is 1. The summed E-state index contributed by atoms with van der Waals surface area (Å²) in [7, 11) is 0. The van der Waals surface area contributed by atoms with E-state index in [0.29, 0.717) is 12.1 Å². The largest absolute Gasteiger partial charge is 0.325 e. The molecule has 0 bridgehead atoms. The molecule has 1 spiro atoms. The molecule has 8 heteroatoms. The van der Waals surface area contributed by atoms with Gasteiger partial charge < -0.3 is 10.6 Å². The van der Waals surface area contributed by atoms with E-state index in [9.17, 15) is 14.4 Å². The van der Waals surface area contributed by atoms with Gasteiger partial charge in [-0.3, -0.25) is 14.5 Å². The third-order valence-electron chi connectivity index (χ3n) is 6.51. The first kappa shape index (κ1) is 20.6. The molecule has 2 aromatic carbocycles. The standard InChI is InChI=1S/C24H24N4O3S/c1-15-6-4-5-13-24(15)22(30)28(23(31)27-24)14-20(29)25-17-11-9-16(10-12-17)21-26-18-7-2-3-8-19(18)32-21/h2-3,7-12,15H,4-6,13-14H2,1H3,(H,25,29)(H,27,31). The topological polar surface area (TPSA) is 91.4 Å². The molecule has 1 saturated heterocycles. The number of nitrogens with one attached hydrogen (secondary N) is 2. The van der Waals surface area contributed by atoms with Crippen LogP contribution in [0.1, 0.15) is 32.6 Å². The molecule has 5 rings (SSSR count). The van der Waals surface area contributed by atoms with Crippen LogP contribution < -0.4 is 10.6 Å². The molecule has 1 saturated carbocycles. The second-order valence-electron chi connectivity index (χ2n) is 8.55. The molecule has 1 aliphatic carbocycles. The van der Waals surface area contributed by atoms with Crippen molar-refractivity contribution in [2.24, 2.45) is 5.92 Å². The van der Waals surface area contributed by atoms with E-state index in [-0.39, 0.29) is 18.4 Å². The summed E-state index contributed by atoms with van der Waals surface area (Å²) < 4.78 is 1.12. The highest BCUT2D eigenvalue weighted by Gasteiger charge is 2.55. The Hall–Kier alpha value is -3.26. The Kier molecular flexibility index (Phi) is 5.17. The lowest BCUT2D eigenvalue weighted by Gasteiger charge is -2.36. The van der Waals surface area contributed by atoms with Gasteiger partial charge in [0.1, 0.15) is 17.1 Å². The van der Waals surface area contributed by atoms with Gasteiger partial charge in [0, 0.05) is 11.3 Å². The molecule has 2 N–H and O–H groups in total. The Morgan fingerprint density at radius 1 is 1.19 bits per heavy atom. The number of urea groups is 1. The van der Waals surface area contributed by atoms with Crippen LogP contribution in [-0.2, 0) is 9.59 Å². The summed E-state index contributed by atoms with van der Waals surface area (Å²) in [4.78, 5) is 43.8.